The highest BCUT2D eigenvalue weighted by atomic mass is 16.7. The van der Waals surface area contributed by atoms with Crippen molar-refractivity contribution in [3.8, 4) is 28.7 Å². The lowest BCUT2D eigenvalue weighted by Crippen LogP contribution is -3.10. The highest BCUT2D eigenvalue weighted by Gasteiger charge is 2.37. The van der Waals surface area contributed by atoms with E-state index in [1.807, 2.05) is 18.2 Å². The molecule has 0 amide bonds. The number of aliphatic hydroxyl groups is 1. The Balaban J connectivity index is 1.49. The van der Waals surface area contributed by atoms with Gasteiger partial charge >= 0.3 is 0 Å². The van der Waals surface area contributed by atoms with Crippen molar-refractivity contribution in [1.82, 2.24) is 0 Å². The number of fused-ring (bicyclic) bond motifs is 3. The predicted molar refractivity (Wildman–Crippen MR) is 99.5 cm³/mol. The second-order valence-electron chi connectivity index (χ2n) is 7.48. The van der Waals surface area contributed by atoms with Crippen molar-refractivity contribution in [3.63, 3.8) is 0 Å². The summed E-state index contributed by atoms with van der Waals surface area (Å²) in [5.74, 6) is 3.54. The van der Waals surface area contributed by atoms with E-state index < -0.39 is 6.10 Å². The van der Waals surface area contributed by atoms with E-state index in [2.05, 4.69) is 13.1 Å². The summed E-state index contributed by atoms with van der Waals surface area (Å²) >= 11 is 0. The first-order valence-electron chi connectivity index (χ1n) is 9.55. The van der Waals surface area contributed by atoms with Crippen molar-refractivity contribution in [3.05, 3.63) is 41.0 Å². The second kappa shape index (κ2) is 6.76. The number of benzene rings is 2. The molecule has 3 aliphatic rings. The molecule has 0 radical (unpaired) electrons. The Morgan fingerprint density at radius 3 is 2.75 bits per heavy atom. The number of hydrogen-bond acceptors (Lipinski definition) is 6. The Bertz CT molecular complexity index is 914. The van der Waals surface area contributed by atoms with Crippen LogP contribution in [-0.2, 0) is 6.42 Å². The Morgan fingerprint density at radius 1 is 1.11 bits per heavy atom. The highest BCUT2D eigenvalue weighted by Crippen LogP contribution is 2.48. The largest absolute Gasteiger partial charge is 0.492 e. The molecule has 7 nitrogen and oxygen atoms in total. The van der Waals surface area contributed by atoms with Crippen molar-refractivity contribution in [2.24, 2.45) is 0 Å². The summed E-state index contributed by atoms with van der Waals surface area (Å²) < 4.78 is 27.8. The van der Waals surface area contributed by atoms with Gasteiger partial charge in [0.1, 0.15) is 6.04 Å². The normalized spacial score (nSPS) is 22.7. The summed E-state index contributed by atoms with van der Waals surface area (Å²) in [5.41, 5.74) is 3.13. The lowest BCUT2D eigenvalue weighted by atomic mass is 9.87. The van der Waals surface area contributed by atoms with Gasteiger partial charge in [-0.25, -0.2) is 0 Å². The molecule has 1 unspecified atom stereocenters. The molecular weight excluding hydrogens is 362 g/mol. The van der Waals surface area contributed by atoms with Gasteiger partial charge in [-0.05, 0) is 29.3 Å². The van der Waals surface area contributed by atoms with Crippen molar-refractivity contribution < 1.29 is 33.7 Å². The number of hydrogen-bond donors (Lipinski definition) is 2. The van der Waals surface area contributed by atoms with Crippen LogP contribution in [0.15, 0.2) is 24.3 Å². The van der Waals surface area contributed by atoms with E-state index in [0.717, 1.165) is 41.3 Å². The first kappa shape index (κ1) is 17.5. The zero-order chi connectivity index (χ0) is 19.3. The quantitative estimate of drug-likeness (QED) is 0.828. The van der Waals surface area contributed by atoms with Crippen LogP contribution in [0.5, 0.6) is 28.7 Å². The molecule has 0 saturated carbocycles. The van der Waals surface area contributed by atoms with E-state index in [-0.39, 0.29) is 19.6 Å². The summed E-state index contributed by atoms with van der Waals surface area (Å²) in [6, 6.07) is 7.75. The third-order valence-corrected chi connectivity index (χ3v) is 5.92. The average Bonchev–Trinajstić information content (AvgIpc) is 3.36. The molecule has 0 spiro atoms. The molecule has 3 atom stereocenters. The molecule has 7 heteroatoms. The minimum atomic E-state index is -0.629. The lowest BCUT2D eigenvalue weighted by molar-refractivity contribution is -0.915. The number of aliphatic hydroxyl groups excluding tert-OH is 1. The van der Waals surface area contributed by atoms with Gasteiger partial charge in [-0.3, -0.25) is 0 Å². The van der Waals surface area contributed by atoms with Gasteiger partial charge in [-0.15, -0.1) is 0 Å². The van der Waals surface area contributed by atoms with Crippen LogP contribution in [0, 0.1) is 0 Å². The summed E-state index contributed by atoms with van der Waals surface area (Å²) in [7, 11) is 3.82. The molecule has 0 saturated heterocycles. The number of ether oxygens (including phenoxy) is 5. The number of likely N-dealkylation sites (N-methyl/N-ethyl adjacent to an activating group) is 1. The van der Waals surface area contributed by atoms with Gasteiger partial charge < -0.3 is 33.7 Å². The van der Waals surface area contributed by atoms with Gasteiger partial charge in [0.05, 0.1) is 32.4 Å². The highest BCUT2D eigenvalue weighted by molar-refractivity contribution is 5.61. The molecule has 0 fully saturated rings. The van der Waals surface area contributed by atoms with Gasteiger partial charge in [-0.2, -0.15) is 0 Å². The first-order valence-corrected chi connectivity index (χ1v) is 9.55. The van der Waals surface area contributed by atoms with Gasteiger partial charge in [0.2, 0.25) is 19.3 Å². The van der Waals surface area contributed by atoms with Gasteiger partial charge in [0.25, 0.3) is 0 Å². The molecule has 0 aromatic heterocycles. The van der Waals surface area contributed by atoms with Crippen LogP contribution in [0.2, 0.25) is 0 Å². The number of quaternary nitrogens is 1. The molecule has 0 bridgehead atoms. The van der Waals surface area contributed by atoms with Gasteiger partial charge in [0, 0.05) is 12.8 Å². The smallest absolute Gasteiger partial charge is 0.231 e. The van der Waals surface area contributed by atoms with Crippen LogP contribution >= 0.6 is 0 Å². The number of rotatable bonds is 4. The van der Waals surface area contributed by atoms with E-state index in [4.69, 9.17) is 23.7 Å². The first-order chi connectivity index (χ1) is 13.7. The molecule has 3 heterocycles. The van der Waals surface area contributed by atoms with Gasteiger partial charge in [-0.1, -0.05) is 6.07 Å². The summed E-state index contributed by atoms with van der Waals surface area (Å²) in [4.78, 5) is 1.34. The fourth-order valence-electron chi connectivity index (χ4n) is 4.42. The summed E-state index contributed by atoms with van der Waals surface area (Å²) in [6.45, 7) is 1.41. The van der Waals surface area contributed by atoms with E-state index in [1.165, 1.54) is 10.5 Å². The minimum absolute atomic E-state index is 0.0774. The fourth-order valence-corrected chi connectivity index (χ4v) is 4.42. The zero-order valence-electron chi connectivity index (χ0n) is 16.0. The van der Waals surface area contributed by atoms with Crippen LogP contribution < -0.4 is 28.6 Å². The van der Waals surface area contributed by atoms with Crippen molar-refractivity contribution in [2.45, 2.75) is 25.0 Å². The monoisotopic (exact) mass is 386 g/mol. The topological polar surface area (TPSA) is 70.8 Å². The SMILES string of the molecule is COc1c2c(cc3c1[C@H](C[C@H](O)c1ccc4c(c1)OCO4)[NH+](C)CC3)OCO2. The van der Waals surface area contributed by atoms with Crippen molar-refractivity contribution in [2.75, 3.05) is 34.3 Å². The number of methoxy groups -OCH3 is 1. The molecule has 0 aliphatic carbocycles. The maximum atomic E-state index is 11.0. The van der Waals surface area contributed by atoms with Crippen LogP contribution in [0.25, 0.3) is 0 Å². The van der Waals surface area contributed by atoms with Gasteiger partial charge in [0.15, 0.2) is 23.0 Å². The summed E-state index contributed by atoms with van der Waals surface area (Å²) in [6.07, 6.45) is 0.870. The lowest BCUT2D eigenvalue weighted by Gasteiger charge is -2.34. The summed E-state index contributed by atoms with van der Waals surface area (Å²) in [5, 5.41) is 11.0. The third-order valence-electron chi connectivity index (χ3n) is 5.92. The zero-order valence-corrected chi connectivity index (χ0v) is 16.0. The van der Waals surface area contributed by atoms with E-state index >= 15 is 0 Å². The Kier molecular flexibility index (Phi) is 4.21. The Hall–Kier alpha value is -2.64. The van der Waals surface area contributed by atoms with Crippen molar-refractivity contribution in [1.29, 1.82) is 0 Å². The van der Waals surface area contributed by atoms with Crippen molar-refractivity contribution >= 4 is 0 Å². The van der Waals surface area contributed by atoms with Crippen LogP contribution in [0.3, 0.4) is 0 Å². The van der Waals surface area contributed by atoms with E-state index in [9.17, 15) is 5.11 Å². The van der Waals surface area contributed by atoms with Crippen LogP contribution in [0.1, 0.15) is 35.3 Å². The van der Waals surface area contributed by atoms with E-state index in [0.29, 0.717) is 17.9 Å². The molecule has 3 aliphatic heterocycles. The molecule has 2 aromatic carbocycles. The van der Waals surface area contributed by atoms with Crippen LogP contribution in [-0.4, -0.2) is 39.4 Å². The molecular formula is C21H24NO6+. The Labute approximate surface area is 163 Å². The Morgan fingerprint density at radius 2 is 1.89 bits per heavy atom. The molecule has 28 heavy (non-hydrogen) atoms. The minimum Gasteiger partial charge on any atom is -0.492 e. The average molecular weight is 386 g/mol. The standard InChI is InChI=1S/C21H23NO6/c1-22-6-5-13-8-18-20(28-11-27-18)21(24-2)19(13)14(22)9-15(23)12-3-4-16-17(7-12)26-10-25-16/h3-4,7-8,14-15,23H,5-6,9-11H2,1-2H3/p+1/t14-,15-/m0/s1. The fraction of sp³-hybridized carbons (Fsp3) is 0.429. The van der Waals surface area contributed by atoms with E-state index in [1.54, 1.807) is 7.11 Å². The molecule has 2 N–H and O–H groups in total. The maximum absolute atomic E-state index is 11.0. The second-order valence-corrected chi connectivity index (χ2v) is 7.48. The van der Waals surface area contributed by atoms with Crippen LogP contribution in [0.4, 0.5) is 0 Å². The maximum Gasteiger partial charge on any atom is 0.231 e. The third kappa shape index (κ3) is 2.73. The number of nitrogens with one attached hydrogen (secondary N) is 1. The predicted octanol–water partition coefficient (Wildman–Crippen LogP) is 1.39. The molecule has 148 valence electrons. The molecule has 2 aromatic rings. The molecule has 5 rings (SSSR count).